The third-order valence-corrected chi connectivity index (χ3v) is 3.44. The first-order valence-electron chi connectivity index (χ1n) is 9.06. The van der Waals surface area contributed by atoms with Gasteiger partial charge in [-0.1, -0.05) is 87.7 Å². The summed E-state index contributed by atoms with van der Waals surface area (Å²) in [6.45, 7) is 4.13. The zero-order valence-electron chi connectivity index (χ0n) is 15.7. The van der Waals surface area contributed by atoms with Gasteiger partial charge in [-0.25, -0.2) is 9.59 Å². The number of benzene rings is 1. The molecule has 0 radical (unpaired) electrons. The van der Waals surface area contributed by atoms with Gasteiger partial charge in [0.2, 0.25) is 0 Å². The van der Waals surface area contributed by atoms with Crippen LogP contribution >= 0.6 is 0 Å². The lowest BCUT2D eigenvalue weighted by Gasteiger charge is -1.98. The Bertz CT molecular complexity index is 598. The maximum atomic E-state index is 10.9. The molecule has 0 saturated heterocycles. The van der Waals surface area contributed by atoms with Crippen molar-refractivity contribution in [2.24, 2.45) is 0 Å². The summed E-state index contributed by atoms with van der Waals surface area (Å²) in [6, 6.07) is 9.84. The van der Waals surface area contributed by atoms with Crippen LogP contribution in [0.2, 0.25) is 0 Å². The Balaban J connectivity index is 0.000000590. The van der Waals surface area contributed by atoms with Gasteiger partial charge in [-0.3, -0.25) is 0 Å². The van der Waals surface area contributed by atoms with Gasteiger partial charge in [-0.05, 0) is 24.8 Å². The first-order valence-corrected chi connectivity index (χ1v) is 9.06. The number of carboxylic acids is 2. The molecule has 0 aliphatic carbocycles. The van der Waals surface area contributed by atoms with E-state index in [1.807, 2.05) is 36.4 Å². The number of aliphatic carboxylic acids is 2. The zero-order chi connectivity index (χ0) is 19.6. The van der Waals surface area contributed by atoms with Crippen molar-refractivity contribution < 1.29 is 19.8 Å². The standard InChI is InChI=1S/C15H18O2.C7H12O2/c1-2-3-11-14(15(16)17)12-7-10-13-8-5-4-6-9-13;1-2-3-4-5-6-7(8)9/h4-10,12H,2-3,11H2,1H3,(H,16,17);5-6H,2-4H2,1H3,(H,8,9). The van der Waals surface area contributed by atoms with Crippen LogP contribution in [-0.4, -0.2) is 22.2 Å². The van der Waals surface area contributed by atoms with E-state index < -0.39 is 11.9 Å². The molecule has 142 valence electrons. The molecule has 0 amide bonds. The van der Waals surface area contributed by atoms with Crippen molar-refractivity contribution in [3.8, 4) is 0 Å². The summed E-state index contributed by atoms with van der Waals surface area (Å²) in [5, 5.41) is 17.1. The van der Waals surface area contributed by atoms with Crippen LogP contribution in [-0.2, 0) is 9.59 Å². The molecule has 0 fully saturated rings. The van der Waals surface area contributed by atoms with Gasteiger partial charge in [0.1, 0.15) is 0 Å². The van der Waals surface area contributed by atoms with Crippen LogP contribution in [0.4, 0.5) is 0 Å². The Morgan fingerprint density at radius 2 is 1.65 bits per heavy atom. The van der Waals surface area contributed by atoms with Gasteiger partial charge in [0.05, 0.1) is 0 Å². The summed E-state index contributed by atoms with van der Waals surface area (Å²) in [6.07, 6.45) is 13.9. The van der Waals surface area contributed by atoms with E-state index in [9.17, 15) is 9.59 Å². The van der Waals surface area contributed by atoms with E-state index in [4.69, 9.17) is 10.2 Å². The molecule has 0 aliphatic heterocycles. The molecule has 0 aliphatic rings. The van der Waals surface area contributed by atoms with Crippen LogP contribution in [0, 0.1) is 0 Å². The average molecular weight is 358 g/mol. The Labute approximate surface area is 156 Å². The monoisotopic (exact) mass is 358 g/mol. The molecule has 26 heavy (non-hydrogen) atoms. The molecule has 0 unspecified atom stereocenters. The summed E-state index contributed by atoms with van der Waals surface area (Å²) < 4.78 is 0. The van der Waals surface area contributed by atoms with Crippen molar-refractivity contribution in [1.82, 2.24) is 0 Å². The third kappa shape index (κ3) is 13.8. The first-order chi connectivity index (χ1) is 12.5. The molecule has 0 atom stereocenters. The second-order valence-electron chi connectivity index (χ2n) is 5.75. The molecule has 1 rings (SSSR count). The summed E-state index contributed by atoms with van der Waals surface area (Å²) in [5.41, 5.74) is 1.54. The predicted octanol–water partition coefficient (Wildman–Crippen LogP) is 5.72. The fourth-order valence-corrected chi connectivity index (χ4v) is 1.97. The van der Waals surface area contributed by atoms with Gasteiger partial charge in [0.15, 0.2) is 0 Å². The smallest absolute Gasteiger partial charge is 0.331 e. The maximum absolute atomic E-state index is 10.9. The van der Waals surface area contributed by atoms with Gasteiger partial charge in [-0.15, -0.1) is 0 Å². The number of hydrogen-bond acceptors (Lipinski definition) is 2. The minimum Gasteiger partial charge on any atom is -0.478 e. The van der Waals surface area contributed by atoms with Crippen molar-refractivity contribution in [2.45, 2.75) is 52.4 Å². The lowest BCUT2D eigenvalue weighted by atomic mass is 10.1. The predicted molar refractivity (Wildman–Crippen MR) is 107 cm³/mol. The molecule has 0 aromatic heterocycles. The molecule has 2 N–H and O–H groups in total. The van der Waals surface area contributed by atoms with E-state index in [1.165, 1.54) is 6.08 Å². The molecule has 0 spiro atoms. The van der Waals surface area contributed by atoms with Crippen molar-refractivity contribution in [3.05, 3.63) is 65.8 Å². The normalized spacial score (nSPS) is 11.4. The lowest BCUT2D eigenvalue weighted by Crippen LogP contribution is -1.99. The summed E-state index contributed by atoms with van der Waals surface area (Å²) in [4.78, 5) is 20.8. The number of unbranched alkanes of at least 4 members (excludes halogenated alkanes) is 3. The Morgan fingerprint density at radius 3 is 2.19 bits per heavy atom. The number of carboxylic acid groups (broad SMARTS) is 2. The van der Waals surface area contributed by atoms with Gasteiger partial charge < -0.3 is 10.2 Å². The Morgan fingerprint density at radius 1 is 1.00 bits per heavy atom. The number of carbonyl (C=O) groups is 2. The average Bonchev–Trinajstić information content (AvgIpc) is 2.62. The third-order valence-electron chi connectivity index (χ3n) is 3.44. The first kappa shape index (κ1) is 23.4. The van der Waals surface area contributed by atoms with E-state index >= 15 is 0 Å². The van der Waals surface area contributed by atoms with Gasteiger partial charge >= 0.3 is 11.9 Å². The second-order valence-corrected chi connectivity index (χ2v) is 5.75. The highest BCUT2D eigenvalue weighted by Gasteiger charge is 2.04. The molecular formula is C22H30O4. The van der Waals surface area contributed by atoms with Crippen LogP contribution in [0.1, 0.15) is 57.9 Å². The molecular weight excluding hydrogens is 328 g/mol. The van der Waals surface area contributed by atoms with Crippen molar-refractivity contribution >= 4 is 18.0 Å². The topological polar surface area (TPSA) is 74.6 Å². The minimum absolute atomic E-state index is 0.471. The fourth-order valence-electron chi connectivity index (χ4n) is 1.97. The Kier molecular flexibility index (Phi) is 14.3. The zero-order valence-corrected chi connectivity index (χ0v) is 15.7. The highest BCUT2D eigenvalue weighted by Crippen LogP contribution is 2.09. The van der Waals surface area contributed by atoms with E-state index in [-0.39, 0.29) is 0 Å². The maximum Gasteiger partial charge on any atom is 0.331 e. The highest BCUT2D eigenvalue weighted by atomic mass is 16.4. The quantitative estimate of drug-likeness (QED) is 0.319. The fraction of sp³-hybridized carbons (Fsp3) is 0.364. The second kappa shape index (κ2) is 15.9. The molecule has 0 heterocycles. The molecule has 4 nitrogen and oxygen atoms in total. The highest BCUT2D eigenvalue weighted by molar-refractivity contribution is 5.87. The Hall–Kier alpha value is -2.62. The minimum atomic E-state index is -0.855. The van der Waals surface area contributed by atoms with Gasteiger partial charge in [0.25, 0.3) is 0 Å². The van der Waals surface area contributed by atoms with E-state index in [0.717, 1.165) is 37.7 Å². The van der Waals surface area contributed by atoms with Crippen molar-refractivity contribution in [1.29, 1.82) is 0 Å². The van der Waals surface area contributed by atoms with E-state index in [1.54, 1.807) is 18.2 Å². The summed E-state index contributed by atoms with van der Waals surface area (Å²) in [5.74, 6) is -1.68. The number of rotatable bonds is 10. The molecule has 1 aromatic carbocycles. The number of allylic oxidation sites excluding steroid dienone is 3. The lowest BCUT2D eigenvalue weighted by molar-refractivity contribution is -0.133. The van der Waals surface area contributed by atoms with Crippen LogP contribution < -0.4 is 0 Å². The van der Waals surface area contributed by atoms with Crippen molar-refractivity contribution in [3.63, 3.8) is 0 Å². The van der Waals surface area contributed by atoms with Gasteiger partial charge in [-0.2, -0.15) is 0 Å². The molecule has 0 bridgehead atoms. The summed E-state index contributed by atoms with van der Waals surface area (Å²) >= 11 is 0. The van der Waals surface area contributed by atoms with Gasteiger partial charge in [0, 0.05) is 11.6 Å². The molecule has 0 saturated carbocycles. The van der Waals surface area contributed by atoms with Crippen LogP contribution in [0.15, 0.2) is 60.2 Å². The van der Waals surface area contributed by atoms with Crippen molar-refractivity contribution in [2.75, 3.05) is 0 Å². The summed E-state index contributed by atoms with van der Waals surface area (Å²) in [7, 11) is 0. The van der Waals surface area contributed by atoms with E-state index in [0.29, 0.717) is 12.0 Å². The number of hydrogen-bond donors (Lipinski definition) is 2. The molecule has 1 aromatic rings. The van der Waals surface area contributed by atoms with Crippen LogP contribution in [0.3, 0.4) is 0 Å². The molecule has 4 heteroatoms. The van der Waals surface area contributed by atoms with Crippen LogP contribution in [0.25, 0.3) is 6.08 Å². The van der Waals surface area contributed by atoms with Crippen LogP contribution in [0.5, 0.6) is 0 Å². The van der Waals surface area contributed by atoms with E-state index in [2.05, 4.69) is 13.8 Å². The SMILES string of the molecule is CCCCC(=CC=Cc1ccccc1)C(=O)O.CCCCC=CC(=O)O. The largest absolute Gasteiger partial charge is 0.478 e.